The number of fused-ring (bicyclic) bond motifs is 1. The summed E-state index contributed by atoms with van der Waals surface area (Å²) < 4.78 is 2.91. The van der Waals surface area contributed by atoms with Crippen molar-refractivity contribution in [3.05, 3.63) is 76.0 Å². The van der Waals surface area contributed by atoms with Crippen molar-refractivity contribution in [2.45, 2.75) is 6.54 Å². The van der Waals surface area contributed by atoms with Crippen molar-refractivity contribution in [3.63, 3.8) is 0 Å². The maximum Gasteiger partial charge on any atom is 0.346 e. The number of carbonyl (C=O) groups excluding carboxylic acids is 1. The summed E-state index contributed by atoms with van der Waals surface area (Å²) in [6.07, 6.45) is 0. The molecule has 0 saturated heterocycles. The Labute approximate surface area is 159 Å². The van der Waals surface area contributed by atoms with Gasteiger partial charge < -0.3 is 5.32 Å². The highest BCUT2D eigenvalue weighted by molar-refractivity contribution is 7.13. The summed E-state index contributed by atoms with van der Waals surface area (Å²) in [7, 11) is 1.70. The van der Waals surface area contributed by atoms with Gasteiger partial charge in [-0.2, -0.15) is 0 Å². The molecule has 4 aromatic rings. The highest BCUT2D eigenvalue weighted by atomic mass is 32.1. The van der Waals surface area contributed by atoms with Crippen molar-refractivity contribution in [1.82, 2.24) is 19.7 Å². The molecule has 0 saturated carbocycles. The van der Waals surface area contributed by atoms with Crippen molar-refractivity contribution in [2.24, 2.45) is 7.05 Å². The standard InChI is InChI=1S/C20H18N4O2S/c1-23-18(17-10-5-13-27-17)22-24(20(23)26)12-11-21-19(25)16-9-4-7-14-6-2-3-8-15(14)16/h2-10,13H,11-12H2,1H3,(H,21,25). The first-order chi connectivity index (χ1) is 13.1. The van der Waals surface area contributed by atoms with Gasteiger partial charge in [-0.1, -0.05) is 42.5 Å². The molecule has 2 aromatic heterocycles. The van der Waals surface area contributed by atoms with Crippen LogP contribution in [0.2, 0.25) is 0 Å². The van der Waals surface area contributed by atoms with Gasteiger partial charge in [-0.3, -0.25) is 9.36 Å². The van der Waals surface area contributed by atoms with Crippen molar-refractivity contribution in [2.75, 3.05) is 6.54 Å². The molecule has 1 N–H and O–H groups in total. The first-order valence-electron chi connectivity index (χ1n) is 8.59. The zero-order valence-electron chi connectivity index (χ0n) is 14.8. The van der Waals surface area contributed by atoms with E-state index in [0.717, 1.165) is 15.6 Å². The number of aromatic nitrogens is 3. The van der Waals surface area contributed by atoms with E-state index in [0.29, 0.717) is 24.5 Å². The number of carbonyl (C=O) groups is 1. The molecule has 0 radical (unpaired) electrons. The second-order valence-electron chi connectivity index (χ2n) is 6.15. The molecule has 6 nitrogen and oxygen atoms in total. The third kappa shape index (κ3) is 3.29. The lowest BCUT2D eigenvalue weighted by Crippen LogP contribution is -2.31. The van der Waals surface area contributed by atoms with Gasteiger partial charge >= 0.3 is 5.69 Å². The van der Waals surface area contributed by atoms with Crippen LogP contribution in [0.3, 0.4) is 0 Å². The molecule has 2 aromatic carbocycles. The molecule has 0 bridgehead atoms. The van der Waals surface area contributed by atoms with E-state index < -0.39 is 0 Å². The molecule has 0 spiro atoms. The quantitative estimate of drug-likeness (QED) is 0.581. The molecule has 0 aliphatic rings. The van der Waals surface area contributed by atoms with E-state index in [1.165, 1.54) is 20.6 Å². The van der Waals surface area contributed by atoms with Crippen LogP contribution >= 0.6 is 11.3 Å². The zero-order valence-corrected chi connectivity index (χ0v) is 15.6. The average molecular weight is 378 g/mol. The minimum absolute atomic E-state index is 0.158. The van der Waals surface area contributed by atoms with Crippen LogP contribution in [0.1, 0.15) is 10.4 Å². The zero-order chi connectivity index (χ0) is 18.8. The summed E-state index contributed by atoms with van der Waals surface area (Å²) in [5, 5.41) is 11.2. The molecule has 0 atom stereocenters. The third-order valence-corrected chi connectivity index (χ3v) is 5.29. The molecule has 2 heterocycles. The minimum Gasteiger partial charge on any atom is -0.350 e. The monoisotopic (exact) mass is 378 g/mol. The topological polar surface area (TPSA) is 68.9 Å². The van der Waals surface area contributed by atoms with Gasteiger partial charge in [0.05, 0.1) is 11.4 Å². The maximum atomic E-state index is 12.6. The molecule has 27 heavy (non-hydrogen) atoms. The minimum atomic E-state index is -0.196. The van der Waals surface area contributed by atoms with Crippen molar-refractivity contribution in [1.29, 1.82) is 0 Å². The molecule has 0 aliphatic carbocycles. The normalized spacial score (nSPS) is 11.0. The smallest absolute Gasteiger partial charge is 0.346 e. The largest absolute Gasteiger partial charge is 0.350 e. The first-order valence-corrected chi connectivity index (χ1v) is 9.47. The number of amides is 1. The first kappa shape index (κ1) is 17.2. The number of thiophene rings is 1. The van der Waals surface area contributed by atoms with E-state index in [1.54, 1.807) is 13.1 Å². The van der Waals surface area contributed by atoms with Crippen LogP contribution in [0.4, 0.5) is 0 Å². The summed E-state index contributed by atoms with van der Waals surface area (Å²) in [6.45, 7) is 0.636. The highest BCUT2D eigenvalue weighted by Gasteiger charge is 2.13. The SMILES string of the molecule is Cn1c(-c2cccs2)nn(CCNC(=O)c2cccc3ccccc23)c1=O. The van der Waals surface area contributed by atoms with Crippen LogP contribution in [-0.4, -0.2) is 26.8 Å². The van der Waals surface area contributed by atoms with E-state index in [4.69, 9.17) is 0 Å². The summed E-state index contributed by atoms with van der Waals surface area (Å²) >= 11 is 1.53. The predicted octanol–water partition coefficient (Wildman–Crippen LogP) is 2.89. The molecule has 7 heteroatoms. The molecule has 0 aliphatic heterocycles. The molecule has 0 fully saturated rings. The van der Waals surface area contributed by atoms with E-state index in [1.807, 2.05) is 53.9 Å². The Kier molecular flexibility index (Phi) is 4.60. The number of hydrogen-bond donors (Lipinski definition) is 1. The second-order valence-corrected chi connectivity index (χ2v) is 7.10. The fourth-order valence-corrected chi connectivity index (χ4v) is 3.79. The number of hydrogen-bond acceptors (Lipinski definition) is 4. The maximum absolute atomic E-state index is 12.6. The average Bonchev–Trinajstić information content (AvgIpc) is 3.31. The van der Waals surface area contributed by atoms with Gasteiger partial charge in [-0.05, 0) is 28.3 Å². The summed E-state index contributed by atoms with van der Waals surface area (Å²) in [5.41, 5.74) is 0.429. The lowest BCUT2D eigenvalue weighted by Gasteiger charge is -2.08. The molecule has 1 amide bonds. The van der Waals surface area contributed by atoms with Crippen LogP contribution in [0, 0.1) is 0 Å². The van der Waals surface area contributed by atoms with Crippen molar-refractivity contribution >= 4 is 28.0 Å². The van der Waals surface area contributed by atoms with Crippen LogP contribution in [0.5, 0.6) is 0 Å². The predicted molar refractivity (Wildman–Crippen MR) is 107 cm³/mol. The molecule has 136 valence electrons. The highest BCUT2D eigenvalue weighted by Crippen LogP contribution is 2.21. The molecular weight excluding hydrogens is 360 g/mol. The fourth-order valence-electron chi connectivity index (χ4n) is 3.05. The second kappa shape index (κ2) is 7.20. The fraction of sp³-hybridized carbons (Fsp3) is 0.150. The van der Waals surface area contributed by atoms with Gasteiger partial charge in [0.1, 0.15) is 0 Å². The Hall–Kier alpha value is -3.19. The van der Waals surface area contributed by atoms with E-state index in [9.17, 15) is 9.59 Å². The Morgan fingerprint density at radius 1 is 1.11 bits per heavy atom. The Bertz CT molecular complexity index is 1150. The number of nitrogens with zero attached hydrogens (tertiary/aromatic N) is 3. The summed E-state index contributed by atoms with van der Waals surface area (Å²) in [5.74, 6) is 0.477. The van der Waals surface area contributed by atoms with Crippen LogP contribution < -0.4 is 11.0 Å². The van der Waals surface area contributed by atoms with Crippen LogP contribution in [0.25, 0.3) is 21.5 Å². The number of benzene rings is 2. The summed E-state index contributed by atoms with van der Waals surface area (Å²) in [6, 6.07) is 17.3. The molecule has 0 unspecified atom stereocenters. The van der Waals surface area contributed by atoms with Gasteiger partial charge in [0.25, 0.3) is 5.91 Å². The summed E-state index contributed by atoms with van der Waals surface area (Å²) in [4.78, 5) is 25.9. The lowest BCUT2D eigenvalue weighted by molar-refractivity contribution is 0.0953. The number of nitrogens with one attached hydrogen (secondary N) is 1. The van der Waals surface area contributed by atoms with Gasteiger partial charge in [0, 0.05) is 19.2 Å². The van der Waals surface area contributed by atoms with Gasteiger partial charge in [0.15, 0.2) is 5.82 Å². The lowest BCUT2D eigenvalue weighted by atomic mass is 10.0. The van der Waals surface area contributed by atoms with Crippen molar-refractivity contribution in [3.8, 4) is 10.7 Å². The van der Waals surface area contributed by atoms with Gasteiger partial charge in [-0.15, -0.1) is 16.4 Å². The van der Waals surface area contributed by atoms with Gasteiger partial charge in [0.2, 0.25) is 0 Å². The van der Waals surface area contributed by atoms with Crippen LogP contribution in [0.15, 0.2) is 64.8 Å². The van der Waals surface area contributed by atoms with E-state index >= 15 is 0 Å². The number of rotatable bonds is 5. The Morgan fingerprint density at radius 2 is 1.93 bits per heavy atom. The van der Waals surface area contributed by atoms with E-state index in [-0.39, 0.29) is 11.6 Å². The Morgan fingerprint density at radius 3 is 2.74 bits per heavy atom. The Balaban J connectivity index is 1.48. The van der Waals surface area contributed by atoms with E-state index in [2.05, 4.69) is 10.4 Å². The van der Waals surface area contributed by atoms with Crippen molar-refractivity contribution < 1.29 is 4.79 Å². The molecular formula is C20H18N4O2S. The van der Waals surface area contributed by atoms with Crippen LogP contribution in [-0.2, 0) is 13.6 Å². The molecule has 4 rings (SSSR count). The van der Waals surface area contributed by atoms with Gasteiger partial charge in [-0.25, -0.2) is 9.48 Å². The third-order valence-electron chi connectivity index (χ3n) is 4.43.